The van der Waals surface area contributed by atoms with E-state index in [2.05, 4.69) is 10.6 Å². The maximum absolute atomic E-state index is 11.9. The van der Waals surface area contributed by atoms with E-state index in [0.717, 1.165) is 0 Å². The smallest absolute Gasteiger partial charge is 0.325 e. The summed E-state index contributed by atoms with van der Waals surface area (Å²) >= 11 is 0. The molecule has 0 aliphatic heterocycles. The van der Waals surface area contributed by atoms with Gasteiger partial charge in [-0.2, -0.15) is 0 Å². The molecule has 0 aliphatic carbocycles. The van der Waals surface area contributed by atoms with Crippen molar-refractivity contribution in [1.29, 1.82) is 0 Å². The Labute approximate surface area is 111 Å². The Morgan fingerprint density at radius 3 is 2.53 bits per heavy atom. The van der Waals surface area contributed by atoms with Gasteiger partial charge in [0.2, 0.25) is 5.91 Å². The van der Waals surface area contributed by atoms with Crippen LogP contribution < -0.4 is 10.6 Å². The van der Waals surface area contributed by atoms with Crippen molar-refractivity contribution in [1.82, 2.24) is 5.32 Å². The summed E-state index contributed by atoms with van der Waals surface area (Å²) in [6, 6.07) is 6.55. The van der Waals surface area contributed by atoms with E-state index in [4.69, 9.17) is 4.74 Å². The van der Waals surface area contributed by atoms with Crippen LogP contribution in [0.2, 0.25) is 0 Å². The molecule has 0 heterocycles. The summed E-state index contributed by atoms with van der Waals surface area (Å²) in [6.07, 6.45) is 0. The molecule has 1 aromatic carbocycles. The summed E-state index contributed by atoms with van der Waals surface area (Å²) in [4.78, 5) is 34.0. The van der Waals surface area contributed by atoms with Crippen molar-refractivity contribution in [2.24, 2.45) is 0 Å². The molecule has 0 saturated carbocycles. The minimum Gasteiger partial charge on any atom is -0.465 e. The van der Waals surface area contributed by atoms with Gasteiger partial charge in [0.05, 0.1) is 17.9 Å². The molecule has 0 aliphatic rings. The molecule has 6 nitrogen and oxygen atoms in total. The number of esters is 1. The van der Waals surface area contributed by atoms with Crippen molar-refractivity contribution >= 4 is 23.5 Å². The number of anilines is 1. The summed E-state index contributed by atoms with van der Waals surface area (Å²) in [6.45, 7) is 3.09. The highest BCUT2D eigenvalue weighted by Gasteiger charge is 2.12. The van der Waals surface area contributed by atoms with Gasteiger partial charge in [0.15, 0.2) is 0 Å². The van der Waals surface area contributed by atoms with Crippen LogP contribution in [-0.2, 0) is 14.3 Å². The first-order valence-electron chi connectivity index (χ1n) is 5.85. The Morgan fingerprint density at radius 1 is 1.21 bits per heavy atom. The number of benzene rings is 1. The monoisotopic (exact) mass is 264 g/mol. The third-order valence-corrected chi connectivity index (χ3v) is 2.18. The van der Waals surface area contributed by atoms with Gasteiger partial charge < -0.3 is 15.4 Å². The fourth-order valence-corrected chi connectivity index (χ4v) is 1.44. The van der Waals surface area contributed by atoms with Gasteiger partial charge in [0.25, 0.3) is 5.91 Å². The van der Waals surface area contributed by atoms with Crippen molar-refractivity contribution in [3.05, 3.63) is 29.8 Å². The molecule has 1 rings (SSSR count). The highest BCUT2D eigenvalue weighted by molar-refractivity contribution is 6.04. The van der Waals surface area contributed by atoms with E-state index in [1.807, 2.05) is 0 Å². The highest BCUT2D eigenvalue weighted by atomic mass is 16.5. The topological polar surface area (TPSA) is 84.5 Å². The summed E-state index contributed by atoms with van der Waals surface area (Å²) in [5, 5.41) is 4.98. The quantitative estimate of drug-likeness (QED) is 0.775. The molecular formula is C13H16N2O4. The molecule has 0 saturated heterocycles. The zero-order chi connectivity index (χ0) is 14.3. The van der Waals surface area contributed by atoms with Gasteiger partial charge in [0, 0.05) is 6.92 Å². The Hall–Kier alpha value is -2.37. The van der Waals surface area contributed by atoms with E-state index < -0.39 is 11.9 Å². The summed E-state index contributed by atoms with van der Waals surface area (Å²) in [5.41, 5.74) is 0.693. The average Bonchev–Trinajstić information content (AvgIpc) is 2.36. The van der Waals surface area contributed by atoms with E-state index >= 15 is 0 Å². The summed E-state index contributed by atoms with van der Waals surface area (Å²) < 4.78 is 4.70. The van der Waals surface area contributed by atoms with Crippen LogP contribution >= 0.6 is 0 Å². The minimum absolute atomic E-state index is 0.207. The van der Waals surface area contributed by atoms with Gasteiger partial charge in [-0.15, -0.1) is 0 Å². The largest absolute Gasteiger partial charge is 0.465 e. The fourth-order valence-electron chi connectivity index (χ4n) is 1.44. The predicted molar refractivity (Wildman–Crippen MR) is 69.7 cm³/mol. The van der Waals surface area contributed by atoms with Gasteiger partial charge in [-0.25, -0.2) is 0 Å². The Kier molecular flexibility index (Phi) is 5.53. The lowest BCUT2D eigenvalue weighted by molar-refractivity contribution is -0.141. The van der Waals surface area contributed by atoms with Gasteiger partial charge in [0.1, 0.15) is 6.54 Å². The van der Waals surface area contributed by atoms with Gasteiger partial charge in [-0.1, -0.05) is 12.1 Å². The van der Waals surface area contributed by atoms with Crippen molar-refractivity contribution < 1.29 is 19.1 Å². The van der Waals surface area contributed by atoms with Crippen molar-refractivity contribution in [2.75, 3.05) is 18.5 Å². The molecule has 0 aromatic heterocycles. The average molecular weight is 264 g/mol. The first kappa shape index (κ1) is 14.7. The van der Waals surface area contributed by atoms with E-state index in [-0.39, 0.29) is 19.1 Å². The number of carbonyl (C=O) groups excluding carboxylic acids is 3. The Balaban J connectivity index is 2.71. The number of nitrogens with one attached hydrogen (secondary N) is 2. The third-order valence-electron chi connectivity index (χ3n) is 2.18. The Bertz CT molecular complexity index is 485. The lowest BCUT2D eigenvalue weighted by atomic mass is 10.1. The number of hydrogen-bond acceptors (Lipinski definition) is 4. The molecule has 1 aromatic rings. The predicted octanol–water partition coefficient (Wildman–Crippen LogP) is 0.938. The van der Waals surface area contributed by atoms with E-state index in [0.29, 0.717) is 11.3 Å². The molecule has 19 heavy (non-hydrogen) atoms. The first-order chi connectivity index (χ1) is 9.04. The molecule has 2 N–H and O–H groups in total. The molecule has 0 unspecified atom stereocenters. The molecule has 0 spiro atoms. The van der Waals surface area contributed by atoms with Gasteiger partial charge >= 0.3 is 5.97 Å². The van der Waals surface area contributed by atoms with Crippen LogP contribution in [0.1, 0.15) is 24.2 Å². The lowest BCUT2D eigenvalue weighted by Crippen LogP contribution is -2.31. The number of amides is 2. The fraction of sp³-hybridized carbons (Fsp3) is 0.308. The van der Waals surface area contributed by atoms with Crippen molar-refractivity contribution in [2.45, 2.75) is 13.8 Å². The second kappa shape index (κ2) is 7.15. The number of carbonyl (C=O) groups is 3. The normalized spacial score (nSPS) is 9.58. The molecule has 0 radical (unpaired) electrons. The van der Waals surface area contributed by atoms with Gasteiger partial charge in [-0.05, 0) is 19.1 Å². The Morgan fingerprint density at radius 2 is 1.89 bits per heavy atom. The standard InChI is InChI=1S/C13H16N2O4/c1-3-19-12(17)8-14-13(18)10-6-4-5-7-11(10)15-9(2)16/h4-7H,3,8H2,1-2H3,(H,14,18)(H,15,16). The molecule has 0 atom stereocenters. The van der Waals surface area contributed by atoms with Crippen LogP contribution in [0.25, 0.3) is 0 Å². The van der Waals surface area contributed by atoms with E-state index in [1.54, 1.807) is 31.2 Å². The minimum atomic E-state index is -0.507. The van der Waals surface area contributed by atoms with E-state index in [9.17, 15) is 14.4 Å². The van der Waals surface area contributed by atoms with Crippen LogP contribution in [0, 0.1) is 0 Å². The third kappa shape index (κ3) is 4.79. The number of ether oxygens (including phenoxy) is 1. The number of rotatable bonds is 5. The molecule has 6 heteroatoms. The second-order valence-corrected chi connectivity index (χ2v) is 3.71. The summed E-state index contributed by atoms with van der Waals surface area (Å²) in [5.74, 6) is -1.23. The molecule has 0 bridgehead atoms. The summed E-state index contributed by atoms with van der Waals surface area (Å²) in [7, 11) is 0. The SMILES string of the molecule is CCOC(=O)CNC(=O)c1ccccc1NC(C)=O. The van der Waals surface area contributed by atoms with E-state index in [1.165, 1.54) is 6.92 Å². The maximum atomic E-state index is 11.9. The van der Waals surface area contributed by atoms with Gasteiger partial charge in [-0.3, -0.25) is 14.4 Å². The van der Waals surface area contributed by atoms with Crippen LogP contribution in [0.4, 0.5) is 5.69 Å². The zero-order valence-electron chi connectivity index (χ0n) is 10.9. The molecule has 0 fully saturated rings. The van der Waals surface area contributed by atoms with Crippen LogP contribution in [0.15, 0.2) is 24.3 Å². The molecule has 102 valence electrons. The van der Waals surface area contributed by atoms with Crippen molar-refractivity contribution in [3.8, 4) is 0 Å². The van der Waals surface area contributed by atoms with Crippen LogP contribution in [0.5, 0.6) is 0 Å². The number of hydrogen-bond donors (Lipinski definition) is 2. The molecular weight excluding hydrogens is 248 g/mol. The zero-order valence-corrected chi connectivity index (χ0v) is 10.9. The van der Waals surface area contributed by atoms with Crippen molar-refractivity contribution in [3.63, 3.8) is 0 Å². The second-order valence-electron chi connectivity index (χ2n) is 3.71. The maximum Gasteiger partial charge on any atom is 0.325 e. The lowest BCUT2D eigenvalue weighted by Gasteiger charge is -2.09. The first-order valence-corrected chi connectivity index (χ1v) is 5.85. The number of para-hydroxylation sites is 1. The van der Waals surface area contributed by atoms with Crippen LogP contribution in [-0.4, -0.2) is 30.9 Å². The van der Waals surface area contributed by atoms with Crippen LogP contribution in [0.3, 0.4) is 0 Å². The molecule has 2 amide bonds. The highest BCUT2D eigenvalue weighted by Crippen LogP contribution is 2.14.